The van der Waals surface area contributed by atoms with Gasteiger partial charge in [0.25, 0.3) is 5.56 Å². The van der Waals surface area contributed by atoms with Crippen LogP contribution in [0.4, 0.5) is 0 Å². The van der Waals surface area contributed by atoms with Crippen LogP contribution in [0, 0.1) is 0 Å². The lowest BCUT2D eigenvalue weighted by molar-refractivity contribution is -0.139. The first-order chi connectivity index (χ1) is 20.2. The molecule has 4 aromatic rings. The topological polar surface area (TPSA) is 69.9 Å². The highest BCUT2D eigenvalue weighted by atomic mass is 79.9. The molecule has 0 saturated carbocycles. The van der Waals surface area contributed by atoms with E-state index in [0.717, 1.165) is 30.5 Å². The van der Waals surface area contributed by atoms with Gasteiger partial charge in [0.05, 0.1) is 37.4 Å². The highest BCUT2D eigenvalue weighted by Crippen LogP contribution is 2.36. The van der Waals surface area contributed by atoms with Crippen molar-refractivity contribution in [2.45, 2.75) is 31.4 Å². The SMILES string of the molecule is CCOC(=O)C1=C(C)N=c2s/c(=C\c3cc(Br)c(OCc4ccccc4Cl)c(Br)c3)c(=O)n2[C@H]1c1ccc(SC)cc1. The van der Waals surface area contributed by atoms with Crippen molar-refractivity contribution in [3.63, 3.8) is 0 Å². The predicted octanol–water partition coefficient (Wildman–Crippen LogP) is 7.28. The summed E-state index contributed by atoms with van der Waals surface area (Å²) in [6.07, 6.45) is 3.81. The van der Waals surface area contributed by atoms with E-state index < -0.39 is 12.0 Å². The van der Waals surface area contributed by atoms with Gasteiger partial charge in [0.1, 0.15) is 12.4 Å². The third-order valence-electron chi connectivity index (χ3n) is 6.60. The second-order valence-electron chi connectivity index (χ2n) is 9.27. The predicted molar refractivity (Wildman–Crippen MR) is 176 cm³/mol. The van der Waals surface area contributed by atoms with Crippen LogP contribution in [0.5, 0.6) is 5.75 Å². The van der Waals surface area contributed by atoms with Crippen LogP contribution in [0.1, 0.15) is 36.6 Å². The Balaban J connectivity index is 1.56. The van der Waals surface area contributed by atoms with Crippen LogP contribution in [0.25, 0.3) is 6.08 Å². The Labute approximate surface area is 273 Å². The van der Waals surface area contributed by atoms with E-state index in [0.29, 0.717) is 38.0 Å². The van der Waals surface area contributed by atoms with Crippen LogP contribution in [0.15, 0.2) is 95.6 Å². The van der Waals surface area contributed by atoms with E-state index in [1.165, 1.54) is 11.3 Å². The molecule has 11 heteroatoms. The summed E-state index contributed by atoms with van der Waals surface area (Å²) in [4.78, 5) is 33.3. The first kappa shape index (κ1) is 30.8. The van der Waals surface area contributed by atoms with Gasteiger partial charge in [-0.05, 0) is 99.5 Å². The van der Waals surface area contributed by atoms with Gasteiger partial charge in [-0.1, -0.05) is 53.3 Å². The summed E-state index contributed by atoms with van der Waals surface area (Å²) in [6.45, 7) is 4.06. The molecule has 1 aliphatic rings. The fourth-order valence-electron chi connectivity index (χ4n) is 4.61. The van der Waals surface area contributed by atoms with E-state index in [1.807, 2.05) is 73.0 Å². The molecule has 0 unspecified atom stereocenters. The van der Waals surface area contributed by atoms with Crippen LogP contribution in [-0.4, -0.2) is 23.4 Å². The molecule has 42 heavy (non-hydrogen) atoms. The van der Waals surface area contributed by atoms with Gasteiger partial charge < -0.3 is 9.47 Å². The number of halogens is 3. The molecule has 5 rings (SSSR count). The first-order valence-corrected chi connectivity index (χ1v) is 16.9. The van der Waals surface area contributed by atoms with Crippen LogP contribution < -0.4 is 19.6 Å². The Morgan fingerprint density at radius 2 is 1.83 bits per heavy atom. The molecule has 0 fully saturated rings. The Morgan fingerprint density at radius 3 is 2.48 bits per heavy atom. The summed E-state index contributed by atoms with van der Waals surface area (Å²) in [5.41, 5.74) is 3.12. The minimum atomic E-state index is -0.655. The van der Waals surface area contributed by atoms with Crippen molar-refractivity contribution in [1.29, 1.82) is 0 Å². The van der Waals surface area contributed by atoms with E-state index in [1.54, 1.807) is 30.2 Å². The number of allylic oxidation sites excluding steroid dienone is 1. The molecule has 0 aliphatic carbocycles. The highest BCUT2D eigenvalue weighted by molar-refractivity contribution is 9.11. The van der Waals surface area contributed by atoms with Crippen molar-refractivity contribution in [1.82, 2.24) is 4.57 Å². The van der Waals surface area contributed by atoms with Gasteiger partial charge in [-0.3, -0.25) is 9.36 Å². The quantitative estimate of drug-likeness (QED) is 0.140. The molecule has 0 bridgehead atoms. The largest absolute Gasteiger partial charge is 0.486 e. The molecule has 6 nitrogen and oxygen atoms in total. The second-order valence-corrected chi connectivity index (χ2v) is 13.3. The molecule has 216 valence electrons. The molecule has 0 radical (unpaired) electrons. The van der Waals surface area contributed by atoms with Crippen LogP contribution in [0.3, 0.4) is 0 Å². The smallest absolute Gasteiger partial charge is 0.338 e. The fraction of sp³-hybridized carbons (Fsp3) is 0.194. The first-order valence-electron chi connectivity index (χ1n) is 12.9. The zero-order valence-electron chi connectivity index (χ0n) is 22.8. The number of hydrogen-bond donors (Lipinski definition) is 0. The Hall–Kier alpha value is -2.63. The number of nitrogens with zero attached hydrogens (tertiary/aromatic N) is 2. The number of thiazole rings is 1. The molecular formula is C31H25Br2ClN2O4S2. The van der Waals surface area contributed by atoms with Crippen molar-refractivity contribution >= 4 is 78.6 Å². The number of thioether (sulfide) groups is 1. The molecule has 1 aromatic heterocycles. The maximum Gasteiger partial charge on any atom is 0.338 e. The van der Waals surface area contributed by atoms with Crippen molar-refractivity contribution in [3.05, 3.63) is 122 Å². The minimum absolute atomic E-state index is 0.222. The number of carbonyl (C=O) groups is 1. The summed E-state index contributed by atoms with van der Waals surface area (Å²) in [5.74, 6) is 0.143. The molecule has 0 N–H and O–H groups in total. The van der Waals surface area contributed by atoms with E-state index in [4.69, 9.17) is 21.1 Å². The molecule has 0 amide bonds. The molecule has 1 aliphatic heterocycles. The summed E-state index contributed by atoms with van der Waals surface area (Å²) in [5, 5.41) is 0.636. The number of esters is 1. The number of aromatic nitrogens is 1. The number of ether oxygens (including phenoxy) is 2. The van der Waals surface area contributed by atoms with Crippen molar-refractivity contribution in [2.75, 3.05) is 12.9 Å². The zero-order chi connectivity index (χ0) is 30.0. The fourth-order valence-corrected chi connectivity index (χ4v) is 7.71. The molecular weight excluding hydrogens is 724 g/mol. The molecule has 3 aromatic carbocycles. The normalized spacial score (nSPS) is 14.9. The highest BCUT2D eigenvalue weighted by Gasteiger charge is 2.33. The lowest BCUT2D eigenvalue weighted by Crippen LogP contribution is -2.39. The van der Waals surface area contributed by atoms with Gasteiger partial charge in [0.2, 0.25) is 0 Å². The number of hydrogen-bond acceptors (Lipinski definition) is 7. The van der Waals surface area contributed by atoms with Crippen LogP contribution in [-0.2, 0) is 16.1 Å². The van der Waals surface area contributed by atoms with Crippen LogP contribution in [0.2, 0.25) is 5.02 Å². The zero-order valence-corrected chi connectivity index (χ0v) is 28.4. The number of rotatable bonds is 8. The van der Waals surface area contributed by atoms with Crippen LogP contribution >= 0.6 is 66.6 Å². The summed E-state index contributed by atoms with van der Waals surface area (Å²) in [7, 11) is 0. The Morgan fingerprint density at radius 1 is 1.14 bits per heavy atom. The van der Waals surface area contributed by atoms with Crippen molar-refractivity contribution in [3.8, 4) is 5.75 Å². The van der Waals surface area contributed by atoms with E-state index >= 15 is 0 Å². The van der Waals surface area contributed by atoms with Crippen molar-refractivity contribution in [2.24, 2.45) is 4.99 Å². The third-order valence-corrected chi connectivity index (χ3v) is 9.87. The van der Waals surface area contributed by atoms with E-state index in [-0.39, 0.29) is 12.2 Å². The third kappa shape index (κ3) is 6.33. The maximum atomic E-state index is 13.9. The summed E-state index contributed by atoms with van der Waals surface area (Å²) >= 11 is 16.4. The Bertz CT molecular complexity index is 1860. The van der Waals surface area contributed by atoms with Gasteiger partial charge in [-0.2, -0.15) is 0 Å². The van der Waals surface area contributed by atoms with Crippen molar-refractivity contribution < 1.29 is 14.3 Å². The standard InChI is InChI=1S/C31H25Br2ClN2O4S2/c1-4-39-30(38)26-17(2)35-31-36(27(26)19-9-11-21(41-3)12-10-19)29(37)25(42-31)15-18-13-22(32)28(23(33)14-18)40-16-20-7-5-6-8-24(20)34/h5-15,27H,4,16H2,1-3H3/b25-15-/t27-/m0/s1. The van der Waals surface area contributed by atoms with E-state index in [2.05, 4.69) is 36.9 Å². The van der Waals surface area contributed by atoms with Gasteiger partial charge in [0, 0.05) is 15.5 Å². The molecule has 0 spiro atoms. The number of fused-ring (bicyclic) bond motifs is 1. The summed E-state index contributed by atoms with van der Waals surface area (Å²) in [6, 6.07) is 18.5. The summed E-state index contributed by atoms with van der Waals surface area (Å²) < 4.78 is 15.0. The second kappa shape index (κ2) is 13.3. The minimum Gasteiger partial charge on any atom is -0.486 e. The molecule has 1 atom stereocenters. The average molecular weight is 749 g/mol. The van der Waals surface area contributed by atoms with Gasteiger partial charge in [0.15, 0.2) is 4.80 Å². The lowest BCUT2D eigenvalue weighted by atomic mass is 9.96. The van der Waals surface area contributed by atoms with Gasteiger partial charge >= 0.3 is 5.97 Å². The Kier molecular flexibility index (Phi) is 9.79. The molecule has 2 heterocycles. The van der Waals surface area contributed by atoms with Gasteiger partial charge in [-0.15, -0.1) is 11.8 Å². The maximum absolute atomic E-state index is 13.9. The van der Waals surface area contributed by atoms with E-state index in [9.17, 15) is 9.59 Å². The number of benzene rings is 3. The number of carbonyl (C=O) groups excluding carboxylic acids is 1. The monoisotopic (exact) mass is 746 g/mol. The lowest BCUT2D eigenvalue weighted by Gasteiger charge is -2.24. The average Bonchev–Trinajstić information content (AvgIpc) is 3.26. The van der Waals surface area contributed by atoms with Gasteiger partial charge in [-0.25, -0.2) is 9.79 Å². The molecule has 0 saturated heterocycles.